The number of ether oxygens (including phenoxy) is 2. The number of amides is 3. The normalized spacial score (nSPS) is 27.7. The third-order valence-electron chi connectivity index (χ3n) is 9.17. The summed E-state index contributed by atoms with van der Waals surface area (Å²) >= 11 is 3.67. The van der Waals surface area contributed by atoms with Crippen LogP contribution in [-0.4, -0.2) is 108 Å². The number of likely N-dealkylation sites (tertiary alicyclic amines) is 1. The van der Waals surface area contributed by atoms with Crippen LogP contribution >= 0.6 is 15.9 Å². The third kappa shape index (κ3) is 5.97. The Bertz CT molecular complexity index is 1500. The lowest BCUT2D eigenvalue weighted by atomic mass is 9.70. The van der Waals surface area contributed by atoms with Gasteiger partial charge in [0.15, 0.2) is 0 Å². The molecule has 14 heteroatoms. The van der Waals surface area contributed by atoms with Gasteiger partial charge >= 0.3 is 5.97 Å². The lowest BCUT2D eigenvalue weighted by Crippen LogP contribution is -2.59. The number of benzene rings is 1. The number of aliphatic hydroxyl groups is 1. The number of nitrogens with zero attached hydrogens (tertiary/aromatic N) is 5. The molecule has 1 aromatic heterocycles. The van der Waals surface area contributed by atoms with E-state index in [0.717, 1.165) is 5.52 Å². The quantitative estimate of drug-likeness (QED) is 0.161. The van der Waals surface area contributed by atoms with E-state index >= 15 is 0 Å². The van der Waals surface area contributed by atoms with Gasteiger partial charge in [0.25, 0.3) is 0 Å². The van der Waals surface area contributed by atoms with E-state index in [9.17, 15) is 24.3 Å². The minimum absolute atomic E-state index is 0.0310. The number of aromatic nitrogens is 3. The zero-order chi connectivity index (χ0) is 33.2. The van der Waals surface area contributed by atoms with Crippen LogP contribution in [0.15, 0.2) is 49.6 Å². The maximum atomic E-state index is 14.7. The highest BCUT2D eigenvalue weighted by Gasteiger charge is 2.77. The number of nitrogens with one attached hydrogen (secondary N) is 1. The van der Waals surface area contributed by atoms with Gasteiger partial charge in [-0.2, -0.15) is 0 Å². The number of hydrogen-bond donors (Lipinski definition) is 2. The average Bonchev–Trinajstić information content (AvgIpc) is 3.76. The number of hydrogen-bond acceptors (Lipinski definition) is 9. The summed E-state index contributed by atoms with van der Waals surface area (Å²) in [6.45, 7) is 10.8. The molecule has 2 N–H and O–H groups in total. The Balaban J connectivity index is 1.44. The number of allylic oxidation sites excluding steroid dienone is 1. The van der Waals surface area contributed by atoms with Gasteiger partial charge in [0.2, 0.25) is 17.7 Å². The highest BCUT2D eigenvalue weighted by molar-refractivity contribution is 9.09. The number of aliphatic hydroxyl groups excluding tert-OH is 1. The second kappa shape index (κ2) is 14.0. The van der Waals surface area contributed by atoms with Crippen LogP contribution in [0.25, 0.3) is 11.0 Å². The van der Waals surface area contributed by atoms with E-state index < -0.39 is 59.5 Å². The standard InChI is InChI=1S/C32H41BrN6O7/c1-5-8-13-24(41)34-16-19(4)45-31(44)25-26-29(42)39(20(7-3)17-40)28(32(26)15-21(33)27(25)46-32)30(43)37(14-6-2)18-38-23-12-10-9-11-22(23)35-36-38/h5-6,9-12,19-21,25-28,40H,1-2,7-8,13-18H2,3-4H3,(H,34,41)/t19-,20-,21?,25+,26-,27+,28+,32-/m0/s1. The number of carbonyl (C=O) groups is 4. The number of carbonyl (C=O) groups excluding carboxylic acids is 4. The van der Waals surface area contributed by atoms with Gasteiger partial charge in [0.05, 0.1) is 42.6 Å². The first-order chi connectivity index (χ1) is 22.1. The summed E-state index contributed by atoms with van der Waals surface area (Å²) in [6.07, 6.45) is 3.34. The minimum Gasteiger partial charge on any atom is -0.460 e. The van der Waals surface area contributed by atoms with Gasteiger partial charge in [-0.3, -0.25) is 19.2 Å². The van der Waals surface area contributed by atoms with Crippen molar-refractivity contribution in [1.82, 2.24) is 30.1 Å². The van der Waals surface area contributed by atoms with Gasteiger partial charge in [-0.05, 0) is 38.3 Å². The summed E-state index contributed by atoms with van der Waals surface area (Å²) in [5.74, 6) is -3.66. The molecule has 1 unspecified atom stereocenters. The molecule has 13 nitrogen and oxygen atoms in total. The fourth-order valence-electron chi connectivity index (χ4n) is 7.05. The van der Waals surface area contributed by atoms with Crippen LogP contribution in [0.1, 0.15) is 39.5 Å². The van der Waals surface area contributed by atoms with Gasteiger partial charge in [-0.15, -0.1) is 18.3 Å². The van der Waals surface area contributed by atoms with Crippen molar-refractivity contribution in [2.24, 2.45) is 11.8 Å². The Hall–Kier alpha value is -3.62. The summed E-state index contributed by atoms with van der Waals surface area (Å²) in [5, 5.41) is 21.6. The van der Waals surface area contributed by atoms with Crippen LogP contribution in [0, 0.1) is 11.8 Å². The molecular formula is C32H41BrN6O7. The molecule has 3 saturated heterocycles. The van der Waals surface area contributed by atoms with Crippen LogP contribution in [-0.2, 0) is 35.3 Å². The molecule has 2 aromatic rings. The monoisotopic (exact) mass is 700 g/mol. The molecule has 46 heavy (non-hydrogen) atoms. The highest BCUT2D eigenvalue weighted by Crippen LogP contribution is 2.60. The van der Waals surface area contributed by atoms with Crippen LogP contribution in [0.2, 0.25) is 0 Å². The van der Waals surface area contributed by atoms with Crippen LogP contribution in [0.4, 0.5) is 0 Å². The predicted octanol–water partition coefficient (Wildman–Crippen LogP) is 1.94. The van der Waals surface area contributed by atoms with E-state index in [1.165, 1.54) is 9.80 Å². The van der Waals surface area contributed by atoms with Gasteiger partial charge in [-0.25, -0.2) is 4.68 Å². The van der Waals surface area contributed by atoms with Crippen molar-refractivity contribution in [3.63, 3.8) is 0 Å². The first kappa shape index (κ1) is 33.7. The lowest BCUT2D eigenvalue weighted by Gasteiger charge is -2.39. The SMILES string of the molecule is C=CCCC(=O)NC[C@H](C)OC(=O)[C@H]1[C@@H]2O[C@@]3(CC2Br)[C@@H]1C(=O)N([C@@H](CC)CO)[C@@H]3C(=O)N(CC=C)Cn1nnc2ccccc21. The van der Waals surface area contributed by atoms with Gasteiger partial charge in [-0.1, -0.05) is 52.4 Å². The lowest BCUT2D eigenvalue weighted by molar-refractivity contribution is -0.160. The van der Waals surface area contributed by atoms with Crippen molar-refractivity contribution >= 4 is 50.7 Å². The molecule has 3 aliphatic heterocycles. The van der Waals surface area contributed by atoms with E-state index in [0.29, 0.717) is 24.8 Å². The second-order valence-electron chi connectivity index (χ2n) is 12.1. The van der Waals surface area contributed by atoms with Crippen molar-refractivity contribution in [3.8, 4) is 0 Å². The summed E-state index contributed by atoms with van der Waals surface area (Å²) < 4.78 is 14.0. The number of para-hydroxylation sites is 1. The second-order valence-corrected chi connectivity index (χ2v) is 13.3. The van der Waals surface area contributed by atoms with E-state index in [4.69, 9.17) is 9.47 Å². The molecular weight excluding hydrogens is 660 g/mol. The zero-order valence-electron chi connectivity index (χ0n) is 26.1. The van der Waals surface area contributed by atoms with Crippen molar-refractivity contribution in [2.45, 2.75) is 80.9 Å². The number of alkyl halides is 1. The van der Waals surface area contributed by atoms with Crippen LogP contribution < -0.4 is 5.32 Å². The van der Waals surface area contributed by atoms with Gasteiger partial charge in [0.1, 0.15) is 29.9 Å². The molecule has 8 atom stereocenters. The van der Waals surface area contributed by atoms with Crippen LogP contribution in [0.5, 0.6) is 0 Å². The van der Waals surface area contributed by atoms with E-state index in [2.05, 4.69) is 44.7 Å². The molecule has 1 aromatic carbocycles. The maximum absolute atomic E-state index is 14.7. The molecule has 2 bridgehead atoms. The Labute approximate surface area is 276 Å². The highest BCUT2D eigenvalue weighted by atomic mass is 79.9. The molecule has 3 amide bonds. The fourth-order valence-corrected chi connectivity index (χ4v) is 7.99. The third-order valence-corrected chi connectivity index (χ3v) is 10.0. The fraction of sp³-hybridized carbons (Fsp3) is 0.562. The number of fused-ring (bicyclic) bond motifs is 2. The van der Waals surface area contributed by atoms with E-state index in [-0.39, 0.29) is 43.5 Å². The van der Waals surface area contributed by atoms with Gasteiger partial charge < -0.3 is 29.7 Å². The first-order valence-corrected chi connectivity index (χ1v) is 16.5. The van der Waals surface area contributed by atoms with Crippen molar-refractivity contribution in [3.05, 3.63) is 49.6 Å². The topological polar surface area (TPSA) is 156 Å². The number of esters is 1. The Morgan fingerprint density at radius 3 is 2.76 bits per heavy atom. The predicted molar refractivity (Wildman–Crippen MR) is 171 cm³/mol. The van der Waals surface area contributed by atoms with Crippen molar-refractivity contribution in [2.75, 3.05) is 19.7 Å². The largest absolute Gasteiger partial charge is 0.460 e. The Kier molecular flexibility index (Phi) is 10.3. The molecule has 0 radical (unpaired) electrons. The first-order valence-electron chi connectivity index (χ1n) is 15.6. The molecule has 0 aliphatic carbocycles. The molecule has 3 fully saturated rings. The number of rotatable bonds is 15. The molecule has 0 saturated carbocycles. The summed E-state index contributed by atoms with van der Waals surface area (Å²) in [4.78, 5) is 57.5. The Morgan fingerprint density at radius 2 is 2.07 bits per heavy atom. The van der Waals surface area contributed by atoms with E-state index in [1.54, 1.807) is 23.8 Å². The number of halogens is 1. The smallest absolute Gasteiger partial charge is 0.312 e. The Morgan fingerprint density at radius 1 is 1.30 bits per heavy atom. The molecule has 248 valence electrons. The molecule has 4 heterocycles. The average molecular weight is 702 g/mol. The summed E-state index contributed by atoms with van der Waals surface area (Å²) in [6, 6.07) is 5.57. The van der Waals surface area contributed by atoms with Gasteiger partial charge in [0, 0.05) is 17.8 Å². The van der Waals surface area contributed by atoms with Crippen molar-refractivity contribution < 1.29 is 33.8 Å². The van der Waals surface area contributed by atoms with E-state index in [1.807, 2.05) is 31.2 Å². The summed E-state index contributed by atoms with van der Waals surface area (Å²) in [5.41, 5.74) is 0.0579. The molecule has 1 spiro atoms. The molecule has 5 rings (SSSR count). The summed E-state index contributed by atoms with van der Waals surface area (Å²) in [7, 11) is 0. The minimum atomic E-state index is -1.34. The molecule has 3 aliphatic rings. The van der Waals surface area contributed by atoms with Crippen molar-refractivity contribution in [1.29, 1.82) is 0 Å². The van der Waals surface area contributed by atoms with Crippen LogP contribution in [0.3, 0.4) is 0 Å². The zero-order valence-corrected chi connectivity index (χ0v) is 27.7. The maximum Gasteiger partial charge on any atom is 0.312 e.